The highest BCUT2D eigenvalue weighted by molar-refractivity contribution is 7.89. The van der Waals surface area contributed by atoms with Gasteiger partial charge < -0.3 is 5.73 Å². The minimum Gasteiger partial charge on any atom is -0.326 e. The Hall–Kier alpha value is -0.430. The summed E-state index contributed by atoms with van der Waals surface area (Å²) in [6.07, 6.45) is 5.16. The fourth-order valence-corrected chi connectivity index (χ4v) is 6.78. The Balaban J connectivity index is 1.76. The van der Waals surface area contributed by atoms with Crippen molar-refractivity contribution in [1.29, 1.82) is 0 Å². The number of nitrogens with two attached hydrogens (primary N) is 1. The van der Waals surface area contributed by atoms with Crippen LogP contribution in [0.15, 0.2) is 11.0 Å². The van der Waals surface area contributed by atoms with Gasteiger partial charge in [0.1, 0.15) is 0 Å². The molecule has 118 valence electrons. The molecule has 2 aliphatic carbocycles. The normalized spacial score (nSPS) is 28.7. The third-order valence-corrected chi connectivity index (χ3v) is 8.34. The van der Waals surface area contributed by atoms with Crippen molar-refractivity contribution in [3.05, 3.63) is 15.8 Å². The summed E-state index contributed by atoms with van der Waals surface area (Å²) in [5.74, 6) is 2.15. The van der Waals surface area contributed by atoms with Crippen molar-refractivity contribution in [2.45, 2.75) is 44.0 Å². The molecule has 0 radical (unpaired) electrons. The number of hydrogen-bond donors (Lipinski definition) is 1. The molecule has 3 rings (SSSR count). The molecule has 2 aliphatic rings. The molecule has 21 heavy (non-hydrogen) atoms. The number of fused-ring (bicyclic) bond motifs is 2. The molecule has 2 saturated carbocycles. The van der Waals surface area contributed by atoms with E-state index in [1.807, 2.05) is 6.92 Å². The van der Waals surface area contributed by atoms with Gasteiger partial charge in [0.05, 0.1) is 4.90 Å². The molecule has 0 amide bonds. The molecule has 2 N–H and O–H groups in total. The Kier molecular flexibility index (Phi) is 4.16. The monoisotopic (exact) mass is 328 g/mol. The van der Waals surface area contributed by atoms with Gasteiger partial charge in [0.25, 0.3) is 0 Å². The molecular weight excluding hydrogens is 304 g/mol. The summed E-state index contributed by atoms with van der Waals surface area (Å²) in [6.45, 7) is 2.93. The summed E-state index contributed by atoms with van der Waals surface area (Å²) in [5, 5.41) is 0. The molecule has 6 heteroatoms. The van der Waals surface area contributed by atoms with Gasteiger partial charge in [0.2, 0.25) is 10.0 Å². The van der Waals surface area contributed by atoms with Crippen molar-refractivity contribution >= 4 is 21.4 Å². The quantitative estimate of drug-likeness (QED) is 0.903. The fraction of sp³-hybridized carbons (Fsp3) is 0.733. The molecule has 3 unspecified atom stereocenters. The van der Waals surface area contributed by atoms with Gasteiger partial charge in [-0.15, -0.1) is 11.3 Å². The molecule has 4 nitrogen and oxygen atoms in total. The lowest BCUT2D eigenvalue weighted by molar-refractivity contribution is 0.280. The molecule has 1 aromatic rings. The van der Waals surface area contributed by atoms with Crippen LogP contribution in [0.1, 0.15) is 35.4 Å². The number of nitrogens with zero attached hydrogens (tertiary/aromatic N) is 1. The molecule has 1 aromatic heterocycles. The van der Waals surface area contributed by atoms with Crippen LogP contribution in [0.5, 0.6) is 0 Å². The molecule has 0 saturated heterocycles. The number of hydrogen-bond acceptors (Lipinski definition) is 4. The predicted octanol–water partition coefficient (Wildman–Crippen LogP) is 2.57. The Morgan fingerprint density at radius 1 is 1.38 bits per heavy atom. The largest absolute Gasteiger partial charge is 0.326 e. The smallest absolute Gasteiger partial charge is 0.243 e. The fourth-order valence-electron chi connectivity index (χ4n) is 4.08. The Morgan fingerprint density at radius 3 is 2.67 bits per heavy atom. The van der Waals surface area contributed by atoms with Crippen molar-refractivity contribution in [2.24, 2.45) is 23.5 Å². The molecule has 3 atom stereocenters. The maximum absolute atomic E-state index is 12.8. The Bertz CT molecular complexity index is 624. The molecule has 2 fully saturated rings. The zero-order valence-corrected chi connectivity index (χ0v) is 14.3. The lowest BCUT2D eigenvalue weighted by Gasteiger charge is -2.26. The molecule has 2 bridgehead atoms. The summed E-state index contributed by atoms with van der Waals surface area (Å²) < 4.78 is 27.1. The first-order chi connectivity index (χ1) is 9.91. The van der Waals surface area contributed by atoms with E-state index in [-0.39, 0.29) is 0 Å². The van der Waals surface area contributed by atoms with E-state index in [1.165, 1.54) is 37.0 Å². The van der Waals surface area contributed by atoms with Gasteiger partial charge in [0.15, 0.2) is 0 Å². The van der Waals surface area contributed by atoms with Crippen molar-refractivity contribution in [2.75, 3.05) is 13.6 Å². The van der Waals surface area contributed by atoms with Crippen molar-refractivity contribution < 1.29 is 8.42 Å². The summed E-state index contributed by atoms with van der Waals surface area (Å²) in [5.41, 5.74) is 5.63. The van der Waals surface area contributed by atoms with Crippen molar-refractivity contribution in [1.82, 2.24) is 4.31 Å². The topological polar surface area (TPSA) is 63.4 Å². The van der Waals surface area contributed by atoms with E-state index in [0.29, 0.717) is 23.9 Å². The average Bonchev–Trinajstić information content (AvgIpc) is 3.13. The minimum atomic E-state index is -3.38. The highest BCUT2D eigenvalue weighted by Gasteiger charge is 2.41. The lowest BCUT2D eigenvalue weighted by Crippen LogP contribution is -2.33. The van der Waals surface area contributed by atoms with E-state index < -0.39 is 10.0 Å². The van der Waals surface area contributed by atoms with Gasteiger partial charge in [0, 0.05) is 29.9 Å². The average molecular weight is 329 g/mol. The van der Waals surface area contributed by atoms with Gasteiger partial charge in [-0.3, -0.25) is 0 Å². The highest BCUT2D eigenvalue weighted by atomic mass is 32.2. The molecule has 0 aliphatic heterocycles. The summed E-state index contributed by atoms with van der Waals surface area (Å²) >= 11 is 1.48. The van der Waals surface area contributed by atoms with Crippen LogP contribution < -0.4 is 5.73 Å². The van der Waals surface area contributed by atoms with Gasteiger partial charge >= 0.3 is 0 Å². The van der Waals surface area contributed by atoms with Crippen molar-refractivity contribution in [3.63, 3.8) is 0 Å². The molecule has 0 spiro atoms. The highest BCUT2D eigenvalue weighted by Crippen LogP contribution is 2.48. The van der Waals surface area contributed by atoms with Crippen LogP contribution >= 0.6 is 11.3 Å². The second kappa shape index (κ2) is 5.65. The van der Waals surface area contributed by atoms with Crippen LogP contribution in [0.2, 0.25) is 0 Å². The Labute approximate surface area is 131 Å². The Morgan fingerprint density at radius 2 is 2.14 bits per heavy atom. The standard InChI is InChI=1S/C15H24N2O2S2/c1-10-15(7-14(8-16)20-10)21(18,19)17(2)9-13-6-11-3-4-12(13)5-11/h7,11-13H,3-6,8-9,16H2,1-2H3. The van der Waals surface area contributed by atoms with Crippen LogP contribution in [-0.4, -0.2) is 26.3 Å². The second-order valence-electron chi connectivity index (χ2n) is 6.56. The second-order valence-corrected chi connectivity index (χ2v) is 9.91. The first-order valence-corrected chi connectivity index (χ1v) is 9.93. The third kappa shape index (κ3) is 2.79. The minimum absolute atomic E-state index is 0.400. The number of thiophene rings is 1. The number of rotatable bonds is 5. The molecule has 0 aromatic carbocycles. The van der Waals surface area contributed by atoms with E-state index >= 15 is 0 Å². The van der Waals surface area contributed by atoms with Gasteiger partial charge in [-0.2, -0.15) is 0 Å². The molecular formula is C15H24N2O2S2. The maximum Gasteiger partial charge on any atom is 0.243 e. The van der Waals surface area contributed by atoms with E-state index in [1.54, 1.807) is 17.4 Å². The van der Waals surface area contributed by atoms with Crippen LogP contribution in [0, 0.1) is 24.7 Å². The first kappa shape index (κ1) is 15.5. The van der Waals surface area contributed by atoms with E-state index in [2.05, 4.69) is 0 Å². The number of aryl methyl sites for hydroxylation is 1. The summed E-state index contributed by atoms with van der Waals surface area (Å²) in [4.78, 5) is 2.22. The first-order valence-electron chi connectivity index (χ1n) is 7.67. The zero-order chi connectivity index (χ0) is 15.2. The SMILES string of the molecule is Cc1sc(CN)cc1S(=O)(=O)N(C)CC1CC2CCC1C2. The molecule has 1 heterocycles. The van der Waals surface area contributed by atoms with Crippen LogP contribution in [-0.2, 0) is 16.6 Å². The predicted molar refractivity (Wildman–Crippen MR) is 85.7 cm³/mol. The third-order valence-electron chi connectivity index (χ3n) is 5.19. The summed E-state index contributed by atoms with van der Waals surface area (Å²) in [7, 11) is -1.65. The van der Waals surface area contributed by atoms with E-state index in [0.717, 1.165) is 21.6 Å². The van der Waals surface area contributed by atoms with Crippen LogP contribution in [0.3, 0.4) is 0 Å². The van der Waals surface area contributed by atoms with Crippen LogP contribution in [0.4, 0.5) is 0 Å². The van der Waals surface area contributed by atoms with Crippen LogP contribution in [0.25, 0.3) is 0 Å². The van der Waals surface area contributed by atoms with Gasteiger partial charge in [-0.1, -0.05) is 6.42 Å². The summed E-state index contributed by atoms with van der Waals surface area (Å²) in [6, 6.07) is 1.74. The van der Waals surface area contributed by atoms with Crippen molar-refractivity contribution in [3.8, 4) is 0 Å². The zero-order valence-electron chi connectivity index (χ0n) is 12.7. The van der Waals surface area contributed by atoms with Gasteiger partial charge in [-0.05, 0) is 50.0 Å². The number of sulfonamides is 1. The lowest BCUT2D eigenvalue weighted by atomic mass is 9.89. The maximum atomic E-state index is 12.8. The van der Waals surface area contributed by atoms with E-state index in [4.69, 9.17) is 5.73 Å². The van der Waals surface area contributed by atoms with E-state index in [9.17, 15) is 8.42 Å². The van der Waals surface area contributed by atoms with Gasteiger partial charge in [-0.25, -0.2) is 12.7 Å².